The molecule has 2 aromatic carbocycles. The Labute approximate surface area is 133 Å². The lowest BCUT2D eigenvalue weighted by Gasteiger charge is -2.10. The molecule has 114 valence electrons. The molecule has 0 spiro atoms. The Morgan fingerprint density at radius 1 is 1.09 bits per heavy atom. The molecule has 0 aliphatic rings. The van der Waals surface area contributed by atoms with E-state index in [0.717, 1.165) is 4.90 Å². The summed E-state index contributed by atoms with van der Waals surface area (Å²) in [6.07, 6.45) is 0. The van der Waals surface area contributed by atoms with Crippen LogP contribution < -0.4 is 5.32 Å². The lowest BCUT2D eigenvalue weighted by molar-refractivity contribution is -0.113. The number of benzene rings is 2. The van der Waals surface area contributed by atoms with Gasteiger partial charge in [-0.05, 0) is 43.7 Å². The zero-order chi connectivity index (χ0) is 16.1. The van der Waals surface area contributed by atoms with Crippen LogP contribution in [0.3, 0.4) is 0 Å². The Morgan fingerprint density at radius 2 is 1.77 bits per heavy atom. The summed E-state index contributed by atoms with van der Waals surface area (Å²) in [6.45, 7) is 3.70. The molecule has 1 amide bonds. The number of nitrogens with one attached hydrogen (secondary N) is 1. The Bertz CT molecular complexity index is 696. The fourth-order valence-electron chi connectivity index (χ4n) is 1.97. The van der Waals surface area contributed by atoms with Gasteiger partial charge in [-0.2, -0.15) is 0 Å². The fraction of sp³-hybridized carbons (Fsp3) is 0.176. The van der Waals surface area contributed by atoms with Crippen LogP contribution in [-0.2, 0) is 4.79 Å². The van der Waals surface area contributed by atoms with Crippen LogP contribution in [0.4, 0.5) is 5.69 Å². The second kappa shape index (κ2) is 7.13. The van der Waals surface area contributed by atoms with E-state index < -0.39 is 5.97 Å². The van der Waals surface area contributed by atoms with Crippen LogP contribution in [0.1, 0.15) is 21.5 Å². The van der Waals surface area contributed by atoms with Crippen LogP contribution >= 0.6 is 11.8 Å². The second-order valence-electron chi connectivity index (χ2n) is 4.93. The molecule has 0 saturated heterocycles. The van der Waals surface area contributed by atoms with Gasteiger partial charge in [0.05, 0.1) is 11.3 Å². The molecule has 4 nitrogen and oxygen atoms in total. The highest BCUT2D eigenvalue weighted by Crippen LogP contribution is 2.21. The third-order valence-corrected chi connectivity index (χ3v) is 4.24. The molecule has 22 heavy (non-hydrogen) atoms. The number of aromatic carboxylic acids is 1. The van der Waals surface area contributed by atoms with Crippen molar-refractivity contribution in [3.8, 4) is 0 Å². The summed E-state index contributed by atoms with van der Waals surface area (Å²) < 4.78 is 0. The molecule has 0 aliphatic heterocycles. The molecule has 2 N–H and O–H groups in total. The molecular weight excluding hydrogens is 298 g/mol. The molecule has 0 fully saturated rings. The maximum absolute atomic E-state index is 12.0. The lowest BCUT2D eigenvalue weighted by atomic mass is 10.1. The number of amides is 1. The van der Waals surface area contributed by atoms with Crippen LogP contribution in [0, 0.1) is 13.8 Å². The number of rotatable bonds is 5. The van der Waals surface area contributed by atoms with Crippen LogP contribution in [0.5, 0.6) is 0 Å². The van der Waals surface area contributed by atoms with Crippen molar-refractivity contribution in [2.24, 2.45) is 0 Å². The highest BCUT2D eigenvalue weighted by Gasteiger charge is 2.12. The number of aryl methyl sites for hydroxylation is 1. The van der Waals surface area contributed by atoms with E-state index in [1.165, 1.54) is 23.4 Å². The van der Waals surface area contributed by atoms with Gasteiger partial charge < -0.3 is 10.4 Å². The van der Waals surface area contributed by atoms with E-state index in [0.29, 0.717) is 11.3 Å². The van der Waals surface area contributed by atoms with E-state index in [-0.39, 0.29) is 17.2 Å². The molecule has 0 unspecified atom stereocenters. The molecule has 0 bridgehead atoms. The van der Waals surface area contributed by atoms with Gasteiger partial charge >= 0.3 is 5.97 Å². The first-order valence-electron chi connectivity index (χ1n) is 6.79. The maximum atomic E-state index is 12.0. The normalized spacial score (nSPS) is 10.3. The van der Waals surface area contributed by atoms with Crippen molar-refractivity contribution < 1.29 is 14.7 Å². The van der Waals surface area contributed by atoms with Crippen LogP contribution in [0.15, 0.2) is 47.4 Å². The Hall–Kier alpha value is -2.27. The number of anilines is 1. The summed E-state index contributed by atoms with van der Waals surface area (Å²) in [7, 11) is 0. The van der Waals surface area contributed by atoms with Crippen molar-refractivity contribution in [3.05, 3.63) is 59.2 Å². The molecule has 5 heteroatoms. The summed E-state index contributed by atoms with van der Waals surface area (Å²) in [6, 6.07) is 12.8. The van der Waals surface area contributed by atoms with Gasteiger partial charge in [0.25, 0.3) is 0 Å². The number of carboxylic acid groups (broad SMARTS) is 1. The first-order chi connectivity index (χ1) is 10.5. The fourth-order valence-corrected chi connectivity index (χ4v) is 2.67. The van der Waals surface area contributed by atoms with Gasteiger partial charge in [-0.25, -0.2) is 4.79 Å². The molecule has 0 aliphatic carbocycles. The molecule has 0 atom stereocenters. The summed E-state index contributed by atoms with van der Waals surface area (Å²) in [5.41, 5.74) is 2.47. The average molecular weight is 315 g/mol. The summed E-state index contributed by atoms with van der Waals surface area (Å²) in [5.74, 6) is -0.876. The number of hydrogen-bond donors (Lipinski definition) is 2. The van der Waals surface area contributed by atoms with Crippen molar-refractivity contribution in [2.75, 3.05) is 11.1 Å². The minimum Gasteiger partial charge on any atom is -0.478 e. The van der Waals surface area contributed by atoms with E-state index >= 15 is 0 Å². The Balaban J connectivity index is 1.99. The van der Waals surface area contributed by atoms with Gasteiger partial charge in [-0.15, -0.1) is 11.8 Å². The van der Waals surface area contributed by atoms with E-state index in [1.807, 2.05) is 31.2 Å². The van der Waals surface area contributed by atoms with E-state index in [9.17, 15) is 9.59 Å². The standard InChI is InChI=1S/C17H17NO3S/c1-11-6-8-13(9-7-11)22-10-16(19)18-15-5-3-4-14(12(15)2)17(20)21/h3-9H,10H2,1-2H3,(H,18,19)(H,20,21). The van der Waals surface area contributed by atoms with Gasteiger partial charge in [0, 0.05) is 10.6 Å². The highest BCUT2D eigenvalue weighted by atomic mass is 32.2. The van der Waals surface area contributed by atoms with Crippen molar-refractivity contribution >= 4 is 29.3 Å². The molecule has 0 radical (unpaired) electrons. The predicted octanol–water partition coefficient (Wildman–Crippen LogP) is 3.73. The number of hydrogen-bond acceptors (Lipinski definition) is 3. The largest absolute Gasteiger partial charge is 0.478 e. The van der Waals surface area contributed by atoms with Gasteiger partial charge in [0.1, 0.15) is 0 Å². The average Bonchev–Trinajstić information content (AvgIpc) is 2.48. The molecular formula is C17H17NO3S. The van der Waals surface area contributed by atoms with Crippen LogP contribution in [0.2, 0.25) is 0 Å². The van der Waals surface area contributed by atoms with Crippen LogP contribution in [-0.4, -0.2) is 22.7 Å². The minimum absolute atomic E-state index is 0.156. The molecule has 0 saturated carbocycles. The number of thioether (sulfide) groups is 1. The van der Waals surface area contributed by atoms with Crippen molar-refractivity contribution in [2.45, 2.75) is 18.7 Å². The predicted molar refractivity (Wildman–Crippen MR) is 88.7 cm³/mol. The SMILES string of the molecule is Cc1ccc(SCC(=O)Nc2cccc(C(=O)O)c2C)cc1. The van der Waals surface area contributed by atoms with Gasteiger partial charge in [-0.1, -0.05) is 23.8 Å². The maximum Gasteiger partial charge on any atom is 0.336 e. The molecule has 2 aromatic rings. The van der Waals surface area contributed by atoms with E-state index in [4.69, 9.17) is 5.11 Å². The first kappa shape index (κ1) is 16.1. The number of carbonyl (C=O) groups excluding carboxylic acids is 1. The van der Waals surface area contributed by atoms with Gasteiger partial charge in [0.15, 0.2) is 0 Å². The molecule has 0 aromatic heterocycles. The summed E-state index contributed by atoms with van der Waals surface area (Å²) >= 11 is 1.44. The molecule has 0 heterocycles. The van der Waals surface area contributed by atoms with Crippen molar-refractivity contribution in [1.82, 2.24) is 0 Å². The highest BCUT2D eigenvalue weighted by molar-refractivity contribution is 8.00. The lowest BCUT2D eigenvalue weighted by Crippen LogP contribution is -2.15. The zero-order valence-electron chi connectivity index (χ0n) is 12.4. The first-order valence-corrected chi connectivity index (χ1v) is 7.78. The molecule has 2 rings (SSSR count). The number of carboxylic acids is 1. The third-order valence-electron chi connectivity index (χ3n) is 3.23. The van der Waals surface area contributed by atoms with E-state index in [2.05, 4.69) is 5.32 Å². The Morgan fingerprint density at radius 3 is 2.41 bits per heavy atom. The van der Waals surface area contributed by atoms with Crippen LogP contribution in [0.25, 0.3) is 0 Å². The number of carbonyl (C=O) groups is 2. The van der Waals surface area contributed by atoms with Gasteiger partial charge in [-0.3, -0.25) is 4.79 Å². The second-order valence-corrected chi connectivity index (χ2v) is 5.98. The third kappa shape index (κ3) is 4.11. The monoisotopic (exact) mass is 315 g/mol. The minimum atomic E-state index is -0.998. The quantitative estimate of drug-likeness (QED) is 0.825. The Kier molecular flexibility index (Phi) is 5.22. The van der Waals surface area contributed by atoms with Crippen molar-refractivity contribution in [3.63, 3.8) is 0 Å². The summed E-state index contributed by atoms with van der Waals surface area (Å²) in [4.78, 5) is 24.1. The topological polar surface area (TPSA) is 66.4 Å². The van der Waals surface area contributed by atoms with E-state index in [1.54, 1.807) is 19.1 Å². The van der Waals surface area contributed by atoms with Gasteiger partial charge in [0.2, 0.25) is 5.91 Å². The zero-order valence-corrected chi connectivity index (χ0v) is 13.2. The summed E-state index contributed by atoms with van der Waals surface area (Å²) in [5, 5.41) is 11.8. The smallest absolute Gasteiger partial charge is 0.336 e. The van der Waals surface area contributed by atoms with Crippen molar-refractivity contribution in [1.29, 1.82) is 0 Å².